The lowest BCUT2D eigenvalue weighted by molar-refractivity contribution is 0.0950. The summed E-state index contributed by atoms with van der Waals surface area (Å²) < 4.78 is 36.8. The molecule has 0 spiro atoms. The van der Waals surface area contributed by atoms with Crippen LogP contribution in [-0.2, 0) is 21.3 Å². The monoisotopic (exact) mass is 420 g/mol. The van der Waals surface area contributed by atoms with Crippen LogP contribution in [0.3, 0.4) is 0 Å². The molecule has 0 aliphatic carbocycles. The number of carbonyl (C=O) groups is 1. The average Bonchev–Trinajstić information content (AvgIpc) is 2.68. The van der Waals surface area contributed by atoms with Crippen LogP contribution in [0, 0.1) is 13.8 Å². The largest absolute Gasteiger partial charge is 0.491 e. The molecule has 0 radical (unpaired) electrons. The van der Waals surface area contributed by atoms with E-state index in [0.29, 0.717) is 36.6 Å². The Balaban J connectivity index is 2.16. The number of sulfonamides is 1. The first-order valence-electron chi connectivity index (χ1n) is 9.19. The molecule has 2 aromatic carbocycles. The number of hydrogen-bond donors (Lipinski definition) is 1. The number of aryl methyl sites for hydroxylation is 1. The zero-order chi connectivity index (χ0) is 21.6. The van der Waals surface area contributed by atoms with Crippen molar-refractivity contribution in [2.24, 2.45) is 0 Å². The maximum Gasteiger partial charge on any atom is 0.251 e. The van der Waals surface area contributed by atoms with Crippen molar-refractivity contribution >= 4 is 15.9 Å². The molecule has 1 amide bonds. The van der Waals surface area contributed by atoms with Gasteiger partial charge in [0, 0.05) is 33.3 Å². The van der Waals surface area contributed by atoms with E-state index in [1.807, 2.05) is 24.3 Å². The van der Waals surface area contributed by atoms with E-state index in [9.17, 15) is 13.2 Å². The molecule has 0 saturated heterocycles. The number of nitrogens with zero attached hydrogens (tertiary/aromatic N) is 1. The maximum atomic E-state index is 12.7. The van der Waals surface area contributed by atoms with Crippen molar-refractivity contribution in [1.82, 2.24) is 9.62 Å². The lowest BCUT2D eigenvalue weighted by atomic mass is 10.1. The van der Waals surface area contributed by atoms with Gasteiger partial charge >= 0.3 is 0 Å². The van der Waals surface area contributed by atoms with E-state index in [4.69, 9.17) is 9.47 Å². The van der Waals surface area contributed by atoms with Crippen molar-refractivity contribution in [3.05, 3.63) is 58.7 Å². The zero-order valence-corrected chi connectivity index (χ0v) is 18.3. The van der Waals surface area contributed by atoms with Gasteiger partial charge in [-0.25, -0.2) is 12.7 Å². The molecule has 0 aliphatic rings. The summed E-state index contributed by atoms with van der Waals surface area (Å²) in [5.74, 6) is 0.355. The highest BCUT2D eigenvalue weighted by atomic mass is 32.2. The molecule has 7 nitrogen and oxygen atoms in total. The number of nitrogens with one attached hydrogen (secondary N) is 1. The Morgan fingerprint density at radius 3 is 2.48 bits per heavy atom. The third-order valence-corrected chi connectivity index (χ3v) is 6.49. The molecule has 0 atom stereocenters. The molecular formula is C21H28N2O5S. The number of carbonyl (C=O) groups excluding carboxylic acids is 1. The Kier molecular flexibility index (Phi) is 7.78. The summed E-state index contributed by atoms with van der Waals surface area (Å²) in [7, 11) is 0.907. The van der Waals surface area contributed by atoms with Crippen LogP contribution in [0.25, 0.3) is 0 Å². The average molecular weight is 421 g/mol. The standard InChI is InChI=1S/C21H28N2O5S/c1-15-11-18(13-20(16(15)2)29(25,26)23(3)4)21(24)22-14-17-7-6-8-19(12-17)28-10-9-27-5/h6-8,11-13H,9-10,14H2,1-5H3,(H,22,24). The smallest absolute Gasteiger partial charge is 0.251 e. The highest BCUT2D eigenvalue weighted by Gasteiger charge is 2.22. The minimum atomic E-state index is -3.64. The van der Waals surface area contributed by atoms with E-state index in [-0.39, 0.29) is 10.8 Å². The molecule has 0 unspecified atom stereocenters. The predicted molar refractivity (Wildman–Crippen MR) is 112 cm³/mol. The second-order valence-corrected chi connectivity index (χ2v) is 9.00. The Morgan fingerprint density at radius 1 is 1.10 bits per heavy atom. The van der Waals surface area contributed by atoms with Gasteiger partial charge in [-0.3, -0.25) is 4.79 Å². The van der Waals surface area contributed by atoms with Crippen LogP contribution in [0.15, 0.2) is 41.3 Å². The van der Waals surface area contributed by atoms with Gasteiger partial charge in [-0.05, 0) is 54.8 Å². The number of ether oxygens (including phenoxy) is 2. The molecule has 1 N–H and O–H groups in total. The fraction of sp³-hybridized carbons (Fsp3) is 0.381. The highest BCUT2D eigenvalue weighted by molar-refractivity contribution is 7.89. The second kappa shape index (κ2) is 9.87. The Hall–Kier alpha value is -2.42. The van der Waals surface area contributed by atoms with Crippen LogP contribution in [-0.4, -0.2) is 53.0 Å². The molecule has 2 rings (SSSR count). The van der Waals surface area contributed by atoms with Crippen molar-refractivity contribution < 1.29 is 22.7 Å². The Morgan fingerprint density at radius 2 is 1.83 bits per heavy atom. The van der Waals surface area contributed by atoms with Crippen molar-refractivity contribution in [3.63, 3.8) is 0 Å². The Labute approximate surface area is 172 Å². The molecule has 0 fully saturated rings. The Bertz CT molecular complexity index is 971. The summed E-state index contributed by atoms with van der Waals surface area (Å²) in [6.45, 7) is 4.76. The topological polar surface area (TPSA) is 84.9 Å². The van der Waals surface area contributed by atoms with Crippen LogP contribution in [0.2, 0.25) is 0 Å². The molecule has 8 heteroatoms. The first-order chi connectivity index (χ1) is 13.7. The molecule has 0 aliphatic heterocycles. The van der Waals surface area contributed by atoms with Gasteiger partial charge in [-0.1, -0.05) is 12.1 Å². The summed E-state index contributed by atoms with van der Waals surface area (Å²) in [5, 5.41) is 2.84. The molecule has 0 saturated carbocycles. The first-order valence-corrected chi connectivity index (χ1v) is 10.6. The van der Waals surface area contributed by atoms with E-state index < -0.39 is 10.0 Å². The summed E-state index contributed by atoms with van der Waals surface area (Å²) in [5.41, 5.74) is 2.56. The number of benzene rings is 2. The number of amides is 1. The summed E-state index contributed by atoms with van der Waals surface area (Å²) in [4.78, 5) is 12.8. The van der Waals surface area contributed by atoms with Gasteiger partial charge in [-0.2, -0.15) is 0 Å². The molecular weight excluding hydrogens is 392 g/mol. The fourth-order valence-electron chi connectivity index (χ4n) is 2.70. The number of methoxy groups -OCH3 is 1. The molecule has 158 valence electrons. The zero-order valence-electron chi connectivity index (χ0n) is 17.5. The molecule has 0 bridgehead atoms. The first kappa shape index (κ1) is 22.9. The molecule has 0 aromatic heterocycles. The van der Waals surface area contributed by atoms with Gasteiger partial charge in [0.1, 0.15) is 12.4 Å². The van der Waals surface area contributed by atoms with Crippen LogP contribution in [0.4, 0.5) is 0 Å². The van der Waals surface area contributed by atoms with Crippen molar-refractivity contribution in [2.45, 2.75) is 25.3 Å². The van der Waals surface area contributed by atoms with Gasteiger partial charge in [0.2, 0.25) is 10.0 Å². The van der Waals surface area contributed by atoms with Crippen molar-refractivity contribution in [2.75, 3.05) is 34.4 Å². The minimum absolute atomic E-state index is 0.140. The van der Waals surface area contributed by atoms with Gasteiger partial charge in [0.05, 0.1) is 11.5 Å². The number of rotatable bonds is 9. The van der Waals surface area contributed by atoms with E-state index in [1.54, 1.807) is 27.0 Å². The number of hydrogen-bond acceptors (Lipinski definition) is 5. The fourth-order valence-corrected chi connectivity index (χ4v) is 3.91. The quantitative estimate of drug-likeness (QED) is 0.630. The predicted octanol–water partition coefficient (Wildman–Crippen LogP) is 2.51. The van der Waals surface area contributed by atoms with E-state index >= 15 is 0 Å². The van der Waals surface area contributed by atoms with Crippen LogP contribution in [0.1, 0.15) is 27.0 Å². The molecule has 0 heterocycles. The van der Waals surface area contributed by atoms with Crippen molar-refractivity contribution in [1.29, 1.82) is 0 Å². The second-order valence-electron chi connectivity index (χ2n) is 6.88. The van der Waals surface area contributed by atoms with E-state index in [0.717, 1.165) is 15.4 Å². The van der Waals surface area contributed by atoms with Gasteiger partial charge in [-0.15, -0.1) is 0 Å². The summed E-state index contributed by atoms with van der Waals surface area (Å²) in [6, 6.07) is 10.5. The summed E-state index contributed by atoms with van der Waals surface area (Å²) in [6.07, 6.45) is 0. The highest BCUT2D eigenvalue weighted by Crippen LogP contribution is 2.23. The van der Waals surface area contributed by atoms with Gasteiger partial charge < -0.3 is 14.8 Å². The van der Waals surface area contributed by atoms with Crippen LogP contribution in [0.5, 0.6) is 5.75 Å². The third kappa shape index (κ3) is 5.79. The minimum Gasteiger partial charge on any atom is -0.491 e. The van der Waals surface area contributed by atoms with Crippen LogP contribution < -0.4 is 10.1 Å². The lowest BCUT2D eigenvalue weighted by Crippen LogP contribution is -2.26. The van der Waals surface area contributed by atoms with Crippen LogP contribution >= 0.6 is 0 Å². The molecule has 2 aromatic rings. The summed E-state index contributed by atoms with van der Waals surface area (Å²) >= 11 is 0. The van der Waals surface area contributed by atoms with Gasteiger partial charge in [0.25, 0.3) is 5.91 Å². The van der Waals surface area contributed by atoms with Crippen molar-refractivity contribution in [3.8, 4) is 5.75 Å². The molecule has 29 heavy (non-hydrogen) atoms. The maximum absolute atomic E-state index is 12.7. The normalized spacial score (nSPS) is 11.5. The SMILES string of the molecule is COCCOc1cccc(CNC(=O)c2cc(C)c(C)c(S(=O)(=O)N(C)C)c2)c1. The lowest BCUT2D eigenvalue weighted by Gasteiger charge is -2.16. The van der Waals surface area contributed by atoms with E-state index in [2.05, 4.69) is 5.32 Å². The third-order valence-electron chi connectivity index (χ3n) is 4.55. The van der Waals surface area contributed by atoms with Gasteiger partial charge in [0.15, 0.2) is 0 Å². The van der Waals surface area contributed by atoms with E-state index in [1.165, 1.54) is 20.2 Å².